The van der Waals surface area contributed by atoms with Crippen molar-refractivity contribution in [1.82, 2.24) is 5.32 Å². The Hall–Kier alpha value is -0.500. The Bertz CT molecular complexity index is 748. The molecule has 0 rings (SSSR count). The standard InChI is InChI=1S/C38H79N2O6P/c1-6-8-10-12-14-16-17-18-19-20-21-22-24-25-27-29-31-37(41)36(35-46-47(43,44)45-34-33-40(3,4)5)39-38(42)32-30-28-26-23-15-13-11-9-7-2/h36-37,41H,6-35H2,1-5H3,(H-,39,42,43,44)/p+1/t36-,37+/m1/s1. The number of amides is 1. The molecule has 0 aliphatic heterocycles. The molecule has 0 aliphatic carbocycles. The highest BCUT2D eigenvalue weighted by molar-refractivity contribution is 7.47. The molecule has 0 aromatic rings. The number of nitrogens with zero attached hydrogens (tertiary/aromatic N) is 1. The molecule has 0 radical (unpaired) electrons. The van der Waals surface area contributed by atoms with Gasteiger partial charge in [0.25, 0.3) is 0 Å². The van der Waals surface area contributed by atoms with Crippen LogP contribution in [-0.4, -0.2) is 73.4 Å². The number of unbranched alkanes of at least 4 members (excludes halogenated alkanes) is 23. The zero-order chi connectivity index (χ0) is 35.1. The van der Waals surface area contributed by atoms with Gasteiger partial charge in [-0.2, -0.15) is 0 Å². The van der Waals surface area contributed by atoms with Gasteiger partial charge in [-0.25, -0.2) is 4.57 Å². The lowest BCUT2D eigenvalue weighted by atomic mass is 10.0. The van der Waals surface area contributed by atoms with Gasteiger partial charge in [0.1, 0.15) is 13.2 Å². The fourth-order valence-electron chi connectivity index (χ4n) is 5.87. The number of phosphoric ester groups is 1. The summed E-state index contributed by atoms with van der Waals surface area (Å²) in [5, 5.41) is 13.9. The van der Waals surface area contributed by atoms with Crippen LogP contribution in [0.25, 0.3) is 0 Å². The second-order valence-electron chi connectivity index (χ2n) is 15.0. The number of carbonyl (C=O) groups excluding carboxylic acids is 1. The molecule has 0 spiro atoms. The summed E-state index contributed by atoms with van der Waals surface area (Å²) in [5.74, 6) is -0.147. The third-order valence-electron chi connectivity index (χ3n) is 9.11. The summed E-state index contributed by atoms with van der Waals surface area (Å²) < 4.78 is 23.5. The molecule has 0 heterocycles. The highest BCUT2D eigenvalue weighted by Gasteiger charge is 2.28. The molecule has 47 heavy (non-hydrogen) atoms. The molecule has 9 heteroatoms. The molecule has 0 saturated carbocycles. The van der Waals surface area contributed by atoms with Gasteiger partial charge in [0.2, 0.25) is 5.91 Å². The number of hydrogen-bond acceptors (Lipinski definition) is 5. The van der Waals surface area contributed by atoms with Crippen molar-refractivity contribution in [2.45, 2.75) is 199 Å². The Morgan fingerprint density at radius 3 is 1.43 bits per heavy atom. The van der Waals surface area contributed by atoms with E-state index in [1.54, 1.807) is 0 Å². The molecule has 1 unspecified atom stereocenters. The van der Waals surface area contributed by atoms with Gasteiger partial charge in [-0.15, -0.1) is 0 Å². The summed E-state index contributed by atoms with van der Waals surface area (Å²) in [5.41, 5.74) is 0. The SMILES string of the molecule is CCCCCCCCCCCCCCCCCC[C@H](O)[C@@H](COP(=O)(O)OCC[N+](C)(C)C)NC(=O)CCCCCCCCCCC. The van der Waals surface area contributed by atoms with Crippen molar-refractivity contribution in [3.05, 3.63) is 0 Å². The molecule has 0 aromatic carbocycles. The van der Waals surface area contributed by atoms with Crippen LogP contribution in [0.2, 0.25) is 0 Å². The van der Waals surface area contributed by atoms with Crippen molar-refractivity contribution in [1.29, 1.82) is 0 Å². The van der Waals surface area contributed by atoms with E-state index in [1.807, 2.05) is 21.1 Å². The monoisotopic (exact) mass is 692 g/mol. The third kappa shape index (κ3) is 33.8. The molecule has 0 saturated heterocycles. The summed E-state index contributed by atoms with van der Waals surface area (Å²) in [4.78, 5) is 23.0. The van der Waals surface area contributed by atoms with Crippen LogP contribution in [0.5, 0.6) is 0 Å². The van der Waals surface area contributed by atoms with Crippen molar-refractivity contribution in [3.63, 3.8) is 0 Å². The van der Waals surface area contributed by atoms with Crippen LogP contribution in [0.15, 0.2) is 0 Å². The van der Waals surface area contributed by atoms with Gasteiger partial charge in [-0.1, -0.05) is 168 Å². The number of aliphatic hydroxyl groups excluding tert-OH is 1. The lowest BCUT2D eigenvalue weighted by Crippen LogP contribution is -2.46. The van der Waals surface area contributed by atoms with E-state index in [-0.39, 0.29) is 19.1 Å². The fourth-order valence-corrected chi connectivity index (χ4v) is 6.60. The highest BCUT2D eigenvalue weighted by Crippen LogP contribution is 2.43. The minimum atomic E-state index is -4.30. The first-order chi connectivity index (χ1) is 22.5. The van der Waals surface area contributed by atoms with Crippen molar-refractivity contribution in [3.8, 4) is 0 Å². The lowest BCUT2D eigenvalue weighted by Gasteiger charge is -2.26. The van der Waals surface area contributed by atoms with Gasteiger partial charge in [-0.3, -0.25) is 13.8 Å². The maximum Gasteiger partial charge on any atom is 0.472 e. The van der Waals surface area contributed by atoms with Crippen LogP contribution in [0.3, 0.4) is 0 Å². The average Bonchev–Trinajstić information content (AvgIpc) is 3.01. The predicted molar refractivity (Wildman–Crippen MR) is 199 cm³/mol. The summed E-state index contributed by atoms with van der Waals surface area (Å²) in [6, 6.07) is -0.750. The number of aliphatic hydroxyl groups is 1. The first-order valence-corrected chi connectivity index (χ1v) is 21.4. The molecule has 0 fully saturated rings. The molecule has 3 N–H and O–H groups in total. The second kappa shape index (κ2) is 31.5. The molecule has 3 atom stereocenters. The van der Waals surface area contributed by atoms with Crippen molar-refractivity contribution < 1.29 is 32.9 Å². The van der Waals surface area contributed by atoms with Crippen molar-refractivity contribution >= 4 is 13.7 Å². The molecular formula is C38H80N2O6P+. The lowest BCUT2D eigenvalue weighted by molar-refractivity contribution is -0.870. The number of nitrogens with one attached hydrogen (secondary N) is 1. The van der Waals surface area contributed by atoms with E-state index in [9.17, 15) is 19.4 Å². The average molecular weight is 692 g/mol. The Morgan fingerprint density at radius 1 is 0.638 bits per heavy atom. The number of rotatable bonds is 36. The van der Waals surface area contributed by atoms with Gasteiger partial charge in [0.15, 0.2) is 0 Å². The molecule has 0 aromatic heterocycles. The fraction of sp³-hybridized carbons (Fsp3) is 0.974. The summed E-state index contributed by atoms with van der Waals surface area (Å²) in [6.45, 7) is 4.86. The molecule has 282 valence electrons. The Balaban J connectivity index is 4.37. The minimum Gasteiger partial charge on any atom is -0.391 e. The Morgan fingerprint density at radius 2 is 1.02 bits per heavy atom. The largest absolute Gasteiger partial charge is 0.472 e. The number of hydrogen-bond donors (Lipinski definition) is 3. The molecular weight excluding hydrogens is 611 g/mol. The van der Waals surface area contributed by atoms with Gasteiger partial charge in [-0.05, 0) is 12.8 Å². The van der Waals surface area contributed by atoms with E-state index in [2.05, 4.69) is 19.2 Å². The van der Waals surface area contributed by atoms with Gasteiger partial charge < -0.3 is 19.8 Å². The van der Waals surface area contributed by atoms with Crippen LogP contribution in [0.1, 0.15) is 187 Å². The molecule has 0 aliphatic rings. The molecule has 0 bridgehead atoms. The van der Waals surface area contributed by atoms with Crippen LogP contribution >= 0.6 is 7.82 Å². The van der Waals surface area contributed by atoms with E-state index in [1.165, 1.54) is 122 Å². The zero-order valence-corrected chi connectivity index (χ0v) is 32.7. The summed E-state index contributed by atoms with van der Waals surface area (Å²) >= 11 is 0. The second-order valence-corrected chi connectivity index (χ2v) is 16.5. The normalized spacial score (nSPS) is 14.6. The van der Waals surface area contributed by atoms with E-state index in [0.717, 1.165) is 38.5 Å². The van der Waals surface area contributed by atoms with Crippen molar-refractivity contribution in [2.24, 2.45) is 0 Å². The van der Waals surface area contributed by atoms with E-state index >= 15 is 0 Å². The molecule has 1 amide bonds. The van der Waals surface area contributed by atoms with Gasteiger partial charge in [0.05, 0.1) is 39.9 Å². The van der Waals surface area contributed by atoms with Crippen molar-refractivity contribution in [2.75, 3.05) is 40.9 Å². The summed E-state index contributed by atoms with van der Waals surface area (Å²) in [6.07, 6.45) is 31.2. The minimum absolute atomic E-state index is 0.0780. The number of likely N-dealkylation sites (N-methyl/N-ethyl adjacent to an activating group) is 1. The van der Waals surface area contributed by atoms with Crippen LogP contribution in [-0.2, 0) is 18.4 Å². The predicted octanol–water partition coefficient (Wildman–Crippen LogP) is 10.2. The number of quaternary nitrogens is 1. The Labute approximate surface area is 291 Å². The number of carbonyl (C=O) groups is 1. The topological polar surface area (TPSA) is 105 Å². The Kier molecular flexibility index (Phi) is 31.1. The smallest absolute Gasteiger partial charge is 0.391 e. The van der Waals surface area contributed by atoms with Gasteiger partial charge >= 0.3 is 7.82 Å². The summed E-state index contributed by atoms with van der Waals surface area (Å²) in [7, 11) is 1.62. The maximum atomic E-state index is 12.8. The van der Waals surface area contributed by atoms with E-state index in [0.29, 0.717) is 23.9 Å². The third-order valence-corrected chi connectivity index (χ3v) is 10.1. The van der Waals surface area contributed by atoms with E-state index < -0.39 is 20.0 Å². The van der Waals surface area contributed by atoms with E-state index in [4.69, 9.17) is 9.05 Å². The van der Waals surface area contributed by atoms with Gasteiger partial charge in [0, 0.05) is 6.42 Å². The first kappa shape index (κ1) is 46.5. The number of phosphoric acid groups is 1. The first-order valence-electron chi connectivity index (χ1n) is 19.9. The van der Waals surface area contributed by atoms with Crippen LogP contribution in [0.4, 0.5) is 0 Å². The highest BCUT2D eigenvalue weighted by atomic mass is 31.2. The molecule has 8 nitrogen and oxygen atoms in total. The maximum absolute atomic E-state index is 12.8. The quantitative estimate of drug-likeness (QED) is 0.0343. The van der Waals surface area contributed by atoms with Crippen LogP contribution < -0.4 is 5.32 Å². The van der Waals surface area contributed by atoms with Crippen LogP contribution in [0, 0.1) is 0 Å². The zero-order valence-electron chi connectivity index (χ0n) is 31.8.